The van der Waals surface area contributed by atoms with Crippen LogP contribution in [0.3, 0.4) is 0 Å². The number of hydrogen-bond donors (Lipinski definition) is 1. The van der Waals surface area contributed by atoms with Crippen LogP contribution in [0.4, 0.5) is 0 Å². The van der Waals surface area contributed by atoms with Crippen molar-refractivity contribution < 1.29 is 4.79 Å². The van der Waals surface area contributed by atoms with Gasteiger partial charge < -0.3 is 5.32 Å². The van der Waals surface area contributed by atoms with Gasteiger partial charge in [-0.25, -0.2) is 0 Å². The van der Waals surface area contributed by atoms with Gasteiger partial charge in [-0.1, -0.05) is 23.2 Å². The maximum Gasteiger partial charge on any atom is 0.251 e. The van der Waals surface area contributed by atoms with Crippen molar-refractivity contribution in [2.75, 3.05) is 13.1 Å². The zero-order chi connectivity index (χ0) is 14.6. The topological polar surface area (TPSA) is 32.3 Å². The lowest BCUT2D eigenvalue weighted by molar-refractivity contribution is -0.00144. The Bertz CT molecular complexity index is 592. The van der Waals surface area contributed by atoms with E-state index in [1.807, 2.05) is 0 Å². The van der Waals surface area contributed by atoms with E-state index in [4.69, 9.17) is 23.2 Å². The Balaban J connectivity index is 1.55. The Morgan fingerprint density at radius 3 is 2.52 bits per heavy atom. The normalized spacial score (nSPS) is 32.2. The van der Waals surface area contributed by atoms with Crippen LogP contribution in [0.2, 0.25) is 10.0 Å². The lowest BCUT2D eigenvalue weighted by atomic mass is 9.77. The van der Waals surface area contributed by atoms with Crippen LogP contribution >= 0.6 is 23.2 Å². The van der Waals surface area contributed by atoms with E-state index in [0.29, 0.717) is 27.6 Å². The average Bonchev–Trinajstić information content (AvgIpc) is 3.27. The fraction of sp³-hybridized carbons (Fsp3) is 0.562. The van der Waals surface area contributed by atoms with Gasteiger partial charge in [0.15, 0.2) is 0 Å². The average molecular weight is 325 g/mol. The van der Waals surface area contributed by atoms with Crippen LogP contribution in [-0.4, -0.2) is 35.5 Å². The van der Waals surface area contributed by atoms with Crippen LogP contribution < -0.4 is 5.32 Å². The van der Waals surface area contributed by atoms with Gasteiger partial charge in [0.2, 0.25) is 0 Å². The van der Waals surface area contributed by atoms with Crippen molar-refractivity contribution in [3.63, 3.8) is 0 Å². The van der Waals surface area contributed by atoms with E-state index in [9.17, 15) is 4.79 Å². The minimum Gasteiger partial charge on any atom is -0.347 e. The number of carbonyl (C=O) groups is 1. The van der Waals surface area contributed by atoms with Gasteiger partial charge in [0.1, 0.15) is 0 Å². The second-order valence-corrected chi connectivity index (χ2v) is 7.32. The van der Waals surface area contributed by atoms with Crippen molar-refractivity contribution >= 4 is 29.1 Å². The second-order valence-electron chi connectivity index (χ2n) is 6.51. The molecule has 3 nitrogen and oxygen atoms in total. The Morgan fingerprint density at radius 2 is 1.90 bits per heavy atom. The number of piperidine rings is 3. The number of carbonyl (C=O) groups excluding carboxylic acids is 1. The number of nitrogens with one attached hydrogen (secondary N) is 1. The van der Waals surface area contributed by atoms with Crippen LogP contribution in [0.15, 0.2) is 18.2 Å². The molecular formula is C16H18Cl2N2O. The van der Waals surface area contributed by atoms with Crippen molar-refractivity contribution in [2.45, 2.75) is 37.3 Å². The molecule has 1 N–H and O–H groups in total. The van der Waals surface area contributed by atoms with E-state index >= 15 is 0 Å². The molecule has 3 aliphatic heterocycles. The van der Waals surface area contributed by atoms with Crippen molar-refractivity contribution in [1.29, 1.82) is 0 Å². The SMILES string of the molecule is O=C(NC1C2CCN(CC2)C12CC2)c1ccc(Cl)c(Cl)c1. The van der Waals surface area contributed by atoms with Crippen LogP contribution in [0.5, 0.6) is 0 Å². The molecule has 5 heteroatoms. The summed E-state index contributed by atoms with van der Waals surface area (Å²) in [5.41, 5.74) is 0.851. The highest BCUT2D eigenvalue weighted by Gasteiger charge is 2.60. The van der Waals surface area contributed by atoms with Crippen molar-refractivity contribution in [1.82, 2.24) is 10.2 Å². The summed E-state index contributed by atoms with van der Waals surface area (Å²) in [6.07, 6.45) is 4.84. The second kappa shape index (κ2) is 4.87. The monoisotopic (exact) mass is 324 g/mol. The van der Waals surface area contributed by atoms with Gasteiger partial charge in [-0.3, -0.25) is 9.69 Å². The van der Waals surface area contributed by atoms with Crippen molar-refractivity contribution in [2.24, 2.45) is 5.92 Å². The molecule has 5 rings (SSSR count). The summed E-state index contributed by atoms with van der Waals surface area (Å²) in [5, 5.41) is 4.19. The van der Waals surface area contributed by atoms with E-state index in [1.54, 1.807) is 18.2 Å². The maximum absolute atomic E-state index is 12.5. The Hall–Kier alpha value is -0.770. The Kier molecular flexibility index (Phi) is 3.21. The van der Waals surface area contributed by atoms with Crippen LogP contribution in [0, 0.1) is 5.92 Å². The van der Waals surface area contributed by atoms with Crippen LogP contribution in [0.1, 0.15) is 36.0 Å². The number of nitrogens with zero attached hydrogens (tertiary/aromatic N) is 1. The number of fused-ring (bicyclic) bond motifs is 2. The first-order valence-electron chi connectivity index (χ1n) is 7.61. The summed E-state index contributed by atoms with van der Waals surface area (Å²) in [7, 11) is 0. The molecule has 0 radical (unpaired) electrons. The lowest BCUT2D eigenvalue weighted by Gasteiger charge is -2.52. The van der Waals surface area contributed by atoms with Gasteiger partial charge in [-0.15, -0.1) is 0 Å². The summed E-state index contributed by atoms with van der Waals surface area (Å²) in [6.45, 7) is 2.40. The number of hydrogen-bond acceptors (Lipinski definition) is 2. The third-order valence-corrected chi connectivity index (χ3v) is 6.19. The van der Waals surface area contributed by atoms with Crippen molar-refractivity contribution in [3.8, 4) is 0 Å². The van der Waals surface area contributed by atoms with E-state index in [-0.39, 0.29) is 11.4 Å². The number of amides is 1. The molecule has 1 aromatic rings. The first-order valence-corrected chi connectivity index (χ1v) is 8.37. The quantitative estimate of drug-likeness (QED) is 0.904. The number of rotatable bonds is 2. The molecule has 1 aromatic carbocycles. The van der Waals surface area contributed by atoms with E-state index in [2.05, 4.69) is 10.2 Å². The molecule has 112 valence electrons. The number of benzene rings is 1. The zero-order valence-corrected chi connectivity index (χ0v) is 13.3. The van der Waals surface area contributed by atoms with Gasteiger partial charge in [0.05, 0.1) is 16.1 Å². The molecule has 21 heavy (non-hydrogen) atoms. The largest absolute Gasteiger partial charge is 0.347 e. The molecule has 1 amide bonds. The molecule has 4 fully saturated rings. The first-order chi connectivity index (χ1) is 10.1. The fourth-order valence-electron chi connectivity index (χ4n) is 4.18. The molecule has 2 bridgehead atoms. The molecule has 3 heterocycles. The van der Waals surface area contributed by atoms with E-state index in [1.165, 1.54) is 38.8 Å². The van der Waals surface area contributed by atoms with Gasteiger partial charge in [0, 0.05) is 11.1 Å². The van der Waals surface area contributed by atoms with Gasteiger partial charge >= 0.3 is 0 Å². The molecule has 1 spiro atoms. The molecule has 4 aliphatic rings. The summed E-state index contributed by atoms with van der Waals surface area (Å²) >= 11 is 11.9. The van der Waals surface area contributed by atoms with Crippen molar-refractivity contribution in [3.05, 3.63) is 33.8 Å². The highest BCUT2D eigenvalue weighted by Crippen LogP contribution is 2.53. The minimum atomic E-state index is -0.0291. The third-order valence-electron chi connectivity index (χ3n) is 5.45. The maximum atomic E-state index is 12.5. The molecule has 1 unspecified atom stereocenters. The zero-order valence-electron chi connectivity index (χ0n) is 11.7. The van der Waals surface area contributed by atoms with Gasteiger partial charge in [0.25, 0.3) is 5.91 Å². The minimum absolute atomic E-state index is 0.0291. The molecule has 0 aromatic heterocycles. The molecule has 1 atom stereocenters. The summed E-state index contributed by atoms with van der Waals surface area (Å²) in [6, 6.07) is 5.37. The molecule has 1 aliphatic carbocycles. The lowest BCUT2D eigenvalue weighted by Crippen LogP contribution is -2.65. The highest BCUT2D eigenvalue weighted by atomic mass is 35.5. The van der Waals surface area contributed by atoms with E-state index in [0.717, 1.165) is 0 Å². The first kappa shape index (κ1) is 13.9. The highest BCUT2D eigenvalue weighted by molar-refractivity contribution is 6.42. The molecule has 3 saturated heterocycles. The Morgan fingerprint density at radius 1 is 1.19 bits per heavy atom. The predicted octanol–water partition coefficient (Wildman–Crippen LogP) is 3.35. The standard InChI is InChI=1S/C16H18Cl2N2O/c17-12-2-1-11(9-13(12)18)15(21)19-14-10-3-7-20(8-4-10)16(14)5-6-16/h1-2,9-10,14H,3-8H2,(H,19,21). The van der Waals surface area contributed by atoms with Gasteiger partial charge in [-0.05, 0) is 62.9 Å². The third kappa shape index (κ3) is 2.18. The summed E-state index contributed by atoms with van der Waals surface area (Å²) in [5.74, 6) is 0.600. The molecular weight excluding hydrogens is 307 g/mol. The van der Waals surface area contributed by atoms with Gasteiger partial charge in [-0.2, -0.15) is 0 Å². The Labute approximate surface area is 134 Å². The van der Waals surface area contributed by atoms with Crippen LogP contribution in [-0.2, 0) is 0 Å². The molecule has 1 saturated carbocycles. The smallest absolute Gasteiger partial charge is 0.251 e. The predicted molar refractivity (Wildman–Crippen MR) is 84.0 cm³/mol. The summed E-state index contributed by atoms with van der Waals surface area (Å²) in [4.78, 5) is 15.1. The van der Waals surface area contributed by atoms with Crippen LogP contribution in [0.25, 0.3) is 0 Å². The van der Waals surface area contributed by atoms with E-state index < -0.39 is 0 Å². The summed E-state index contributed by atoms with van der Waals surface area (Å²) < 4.78 is 0. The fourth-order valence-corrected chi connectivity index (χ4v) is 4.48. The number of halogens is 2.